The molecule has 8 nitrogen and oxygen atoms in total. The van der Waals surface area contributed by atoms with E-state index in [2.05, 4.69) is 0 Å². The van der Waals surface area contributed by atoms with E-state index in [9.17, 15) is 20.2 Å². The van der Waals surface area contributed by atoms with E-state index < -0.39 is 16.5 Å². The summed E-state index contributed by atoms with van der Waals surface area (Å²) in [6.45, 7) is 1.56. The molecule has 0 unspecified atom stereocenters. The highest BCUT2D eigenvalue weighted by Gasteiger charge is 2.37. The second-order valence-corrected chi connectivity index (χ2v) is 5.16. The van der Waals surface area contributed by atoms with Crippen molar-refractivity contribution >= 4 is 5.69 Å². The molecule has 0 fully saturated rings. The van der Waals surface area contributed by atoms with E-state index in [-0.39, 0.29) is 34.0 Å². The van der Waals surface area contributed by atoms with Crippen LogP contribution in [-0.2, 0) is 0 Å². The van der Waals surface area contributed by atoms with E-state index in [4.69, 9.17) is 14.9 Å². The molecule has 1 aromatic carbocycles. The summed E-state index contributed by atoms with van der Waals surface area (Å²) < 4.78 is 10.4. The number of allylic oxidation sites excluding steroid dienone is 1. The van der Waals surface area contributed by atoms with Crippen LogP contribution in [0.4, 0.5) is 5.69 Å². The Kier molecular flexibility index (Phi) is 3.54. The van der Waals surface area contributed by atoms with Crippen LogP contribution in [-0.4, -0.2) is 4.92 Å². The molecule has 1 atom stereocenters. The lowest BCUT2D eigenvalue weighted by atomic mass is 9.83. The summed E-state index contributed by atoms with van der Waals surface area (Å²) in [4.78, 5) is 23.1. The lowest BCUT2D eigenvalue weighted by molar-refractivity contribution is -0.385. The average Bonchev–Trinajstić information content (AvgIpc) is 2.53. The van der Waals surface area contributed by atoms with Crippen LogP contribution in [0.25, 0.3) is 0 Å². The smallest absolute Gasteiger partial charge is 0.343 e. The van der Waals surface area contributed by atoms with Gasteiger partial charge in [-0.05, 0) is 6.92 Å². The third-order valence-electron chi connectivity index (χ3n) is 3.70. The third kappa shape index (κ3) is 2.28. The predicted molar refractivity (Wildman–Crippen MR) is 82.1 cm³/mol. The normalized spacial score (nSPS) is 16.1. The number of para-hydroxylation sites is 1. The fourth-order valence-electron chi connectivity index (χ4n) is 2.73. The molecule has 0 spiro atoms. The second kappa shape index (κ2) is 5.55. The van der Waals surface area contributed by atoms with Crippen molar-refractivity contribution in [3.8, 4) is 11.8 Å². The number of nitro groups is 1. The first kappa shape index (κ1) is 15.3. The van der Waals surface area contributed by atoms with Gasteiger partial charge < -0.3 is 14.9 Å². The fourth-order valence-corrected chi connectivity index (χ4v) is 2.73. The quantitative estimate of drug-likeness (QED) is 0.660. The van der Waals surface area contributed by atoms with Gasteiger partial charge in [0.25, 0.3) is 5.69 Å². The van der Waals surface area contributed by atoms with E-state index in [1.165, 1.54) is 24.3 Å². The van der Waals surface area contributed by atoms with E-state index in [0.29, 0.717) is 5.76 Å². The lowest BCUT2D eigenvalue weighted by Crippen LogP contribution is -2.26. The maximum atomic E-state index is 12.3. The van der Waals surface area contributed by atoms with Gasteiger partial charge in [-0.3, -0.25) is 10.1 Å². The minimum Gasteiger partial charge on any atom is -0.440 e. The molecule has 2 aromatic rings. The number of aryl methyl sites for hydroxylation is 1. The van der Waals surface area contributed by atoms with Crippen LogP contribution < -0.4 is 16.1 Å². The number of rotatable bonds is 2. The van der Waals surface area contributed by atoms with Crippen molar-refractivity contribution in [1.29, 1.82) is 5.26 Å². The topological polar surface area (TPSA) is 132 Å². The van der Waals surface area contributed by atoms with E-state index >= 15 is 0 Å². The minimum atomic E-state index is -1.03. The van der Waals surface area contributed by atoms with Crippen molar-refractivity contribution < 1.29 is 14.1 Å². The molecule has 1 aliphatic heterocycles. The van der Waals surface area contributed by atoms with Crippen molar-refractivity contribution in [2.24, 2.45) is 5.73 Å². The summed E-state index contributed by atoms with van der Waals surface area (Å²) in [5.74, 6) is -0.799. The zero-order chi connectivity index (χ0) is 17.4. The average molecular weight is 325 g/mol. The van der Waals surface area contributed by atoms with E-state index in [0.717, 1.165) is 0 Å². The molecule has 8 heteroatoms. The number of benzene rings is 1. The number of hydrogen-bond donors (Lipinski definition) is 1. The van der Waals surface area contributed by atoms with Gasteiger partial charge >= 0.3 is 5.63 Å². The largest absolute Gasteiger partial charge is 0.440 e. The van der Waals surface area contributed by atoms with Crippen LogP contribution in [0.15, 0.2) is 51.0 Å². The number of nitro benzene ring substituents is 1. The Hall–Kier alpha value is -3.60. The molecule has 0 bridgehead atoms. The van der Waals surface area contributed by atoms with Gasteiger partial charge in [0.05, 0.1) is 16.4 Å². The molecule has 120 valence electrons. The summed E-state index contributed by atoms with van der Waals surface area (Å²) in [5.41, 5.74) is 4.94. The van der Waals surface area contributed by atoms with Gasteiger partial charge in [-0.2, -0.15) is 5.26 Å². The zero-order valence-corrected chi connectivity index (χ0v) is 12.5. The Morgan fingerprint density at radius 3 is 2.75 bits per heavy atom. The number of nitriles is 1. The number of ether oxygens (including phenoxy) is 1. The maximum absolute atomic E-state index is 12.3. The zero-order valence-electron chi connectivity index (χ0n) is 12.5. The Balaban J connectivity index is 2.37. The minimum absolute atomic E-state index is 0.0145. The van der Waals surface area contributed by atoms with Crippen molar-refractivity contribution in [2.45, 2.75) is 12.8 Å². The van der Waals surface area contributed by atoms with Crippen LogP contribution in [0.3, 0.4) is 0 Å². The molecule has 1 aromatic heterocycles. The molecule has 2 heterocycles. The van der Waals surface area contributed by atoms with Gasteiger partial charge in [0.2, 0.25) is 5.88 Å². The first-order valence-corrected chi connectivity index (χ1v) is 6.89. The molecule has 0 saturated carbocycles. The van der Waals surface area contributed by atoms with Gasteiger partial charge in [-0.15, -0.1) is 0 Å². The van der Waals surface area contributed by atoms with E-state index in [1.54, 1.807) is 13.0 Å². The van der Waals surface area contributed by atoms with Crippen LogP contribution in [0.1, 0.15) is 22.8 Å². The van der Waals surface area contributed by atoms with Crippen LogP contribution in [0.5, 0.6) is 5.75 Å². The molecule has 2 N–H and O–H groups in total. The SMILES string of the molecule is Cc1cc2c(c(=O)o1)[C@@H](c1ccccc1[N+](=O)[O-])C(C#N)=C(N)O2. The Morgan fingerprint density at radius 2 is 2.08 bits per heavy atom. The molecule has 0 aliphatic carbocycles. The Labute approximate surface area is 135 Å². The summed E-state index contributed by atoms with van der Waals surface area (Å²) in [7, 11) is 0. The van der Waals surface area contributed by atoms with Gasteiger partial charge in [-0.25, -0.2) is 4.79 Å². The van der Waals surface area contributed by atoms with Crippen LogP contribution >= 0.6 is 0 Å². The van der Waals surface area contributed by atoms with Gasteiger partial charge in [0, 0.05) is 17.7 Å². The Bertz CT molecular complexity index is 984. The summed E-state index contributed by atoms with van der Waals surface area (Å²) in [5, 5.41) is 20.8. The third-order valence-corrected chi connectivity index (χ3v) is 3.70. The first-order valence-electron chi connectivity index (χ1n) is 6.89. The summed E-state index contributed by atoms with van der Waals surface area (Å²) in [6.07, 6.45) is 0. The van der Waals surface area contributed by atoms with Gasteiger partial charge in [-0.1, -0.05) is 18.2 Å². The van der Waals surface area contributed by atoms with E-state index in [1.807, 2.05) is 6.07 Å². The lowest BCUT2D eigenvalue weighted by Gasteiger charge is -2.24. The molecular formula is C16H11N3O5. The number of nitrogens with zero attached hydrogens (tertiary/aromatic N) is 2. The van der Waals surface area contributed by atoms with Crippen molar-refractivity contribution in [1.82, 2.24) is 0 Å². The number of fused-ring (bicyclic) bond motifs is 1. The van der Waals surface area contributed by atoms with Gasteiger partial charge in [0.1, 0.15) is 23.2 Å². The molecule has 0 radical (unpaired) electrons. The predicted octanol–water partition coefficient (Wildman–Crippen LogP) is 2.07. The monoisotopic (exact) mass is 325 g/mol. The fraction of sp³-hybridized carbons (Fsp3) is 0.125. The van der Waals surface area contributed by atoms with Crippen molar-refractivity contribution in [3.05, 3.63) is 79.2 Å². The molecule has 24 heavy (non-hydrogen) atoms. The highest BCUT2D eigenvalue weighted by atomic mass is 16.6. The number of nitrogens with two attached hydrogens (primary N) is 1. The van der Waals surface area contributed by atoms with Crippen molar-refractivity contribution in [3.63, 3.8) is 0 Å². The summed E-state index contributed by atoms with van der Waals surface area (Å²) in [6, 6.07) is 9.19. The highest BCUT2D eigenvalue weighted by molar-refractivity contribution is 5.59. The summed E-state index contributed by atoms with van der Waals surface area (Å²) >= 11 is 0. The van der Waals surface area contributed by atoms with Crippen molar-refractivity contribution in [2.75, 3.05) is 0 Å². The molecule has 0 amide bonds. The molecule has 1 aliphatic rings. The van der Waals surface area contributed by atoms with Crippen LogP contribution in [0.2, 0.25) is 0 Å². The molecule has 0 saturated heterocycles. The molecular weight excluding hydrogens is 314 g/mol. The first-order chi connectivity index (χ1) is 11.4. The van der Waals surface area contributed by atoms with Crippen LogP contribution in [0, 0.1) is 28.4 Å². The maximum Gasteiger partial charge on any atom is 0.343 e. The molecule has 3 rings (SSSR count). The van der Waals surface area contributed by atoms with Gasteiger partial charge in [0.15, 0.2) is 0 Å². The Morgan fingerprint density at radius 1 is 1.38 bits per heavy atom. The standard InChI is InChI=1S/C16H11N3O5/c1-8-6-12-14(16(20)23-8)13(10(7-17)15(18)24-12)9-4-2-3-5-11(9)19(21)22/h2-6,13H,18H2,1H3/t13-/m0/s1. The highest BCUT2D eigenvalue weighted by Crippen LogP contribution is 2.43. The number of hydrogen-bond acceptors (Lipinski definition) is 7. The second-order valence-electron chi connectivity index (χ2n) is 5.16.